The molecular weight excluding hydrogens is 401 g/mol. The van der Waals surface area contributed by atoms with Crippen molar-refractivity contribution in [2.24, 2.45) is 5.14 Å². The lowest BCUT2D eigenvalue weighted by Gasteiger charge is -2.14. The Bertz CT molecular complexity index is 941. The first kappa shape index (κ1) is 18.1. The van der Waals surface area contributed by atoms with Crippen molar-refractivity contribution in [3.8, 4) is 6.07 Å². The lowest BCUT2D eigenvalue weighted by Crippen LogP contribution is -2.28. The van der Waals surface area contributed by atoms with Crippen LogP contribution in [0.5, 0.6) is 0 Å². The van der Waals surface area contributed by atoms with Crippen molar-refractivity contribution in [2.75, 3.05) is 0 Å². The summed E-state index contributed by atoms with van der Waals surface area (Å²) in [5, 5.41) is 16.6. The molecule has 24 heavy (non-hydrogen) atoms. The minimum absolute atomic E-state index is 0.00655. The Balaban J connectivity index is 2.36. The number of halogens is 2. The average Bonchev–Trinajstić information content (AvgIpc) is 2.52. The largest absolute Gasteiger partial charge is 0.332 e. The van der Waals surface area contributed by atoms with E-state index in [4.69, 9.17) is 5.14 Å². The van der Waals surface area contributed by atoms with Crippen molar-refractivity contribution in [3.05, 3.63) is 63.9 Å². The highest BCUT2D eigenvalue weighted by Crippen LogP contribution is 2.22. The summed E-state index contributed by atoms with van der Waals surface area (Å²) < 4.78 is 36.9. The monoisotopic (exact) mass is 411 g/mol. The van der Waals surface area contributed by atoms with Crippen molar-refractivity contribution < 1.29 is 17.6 Å². The van der Waals surface area contributed by atoms with Gasteiger partial charge in [-0.05, 0) is 40.2 Å². The molecule has 0 saturated carbocycles. The van der Waals surface area contributed by atoms with E-state index in [0.717, 1.165) is 6.07 Å². The van der Waals surface area contributed by atoms with Gasteiger partial charge in [-0.25, -0.2) is 17.9 Å². The van der Waals surface area contributed by atoms with Gasteiger partial charge in [0.05, 0.1) is 16.5 Å². The Morgan fingerprint density at radius 1 is 1.29 bits per heavy atom. The fraction of sp³-hybridized carbons (Fsp3) is 0.0667. The Kier molecular flexibility index (Phi) is 5.33. The first-order chi connectivity index (χ1) is 11.2. The Hall–Kier alpha value is -2.28. The van der Waals surface area contributed by atoms with Crippen molar-refractivity contribution >= 4 is 31.9 Å². The molecule has 1 atom stereocenters. The van der Waals surface area contributed by atoms with Gasteiger partial charge < -0.3 is 5.32 Å². The molecule has 0 aliphatic carbocycles. The van der Waals surface area contributed by atoms with E-state index in [1.54, 1.807) is 6.07 Å². The Labute approximate surface area is 146 Å². The average molecular weight is 412 g/mol. The van der Waals surface area contributed by atoms with E-state index < -0.39 is 27.8 Å². The topological polar surface area (TPSA) is 113 Å². The van der Waals surface area contributed by atoms with E-state index >= 15 is 0 Å². The SMILES string of the molecule is N#CC(NC(=O)c1cc(S(N)(=O)=O)ccc1Br)c1ccccc1F. The van der Waals surface area contributed by atoms with Gasteiger partial charge >= 0.3 is 0 Å². The van der Waals surface area contributed by atoms with Gasteiger partial charge in [0, 0.05) is 10.0 Å². The number of primary sulfonamides is 1. The van der Waals surface area contributed by atoms with Crippen molar-refractivity contribution in [1.82, 2.24) is 5.32 Å². The molecular formula is C15H11BrFN3O3S. The normalized spacial score (nSPS) is 12.2. The maximum absolute atomic E-state index is 13.8. The standard InChI is InChI=1S/C15H11BrFN3O3S/c16-12-6-5-9(24(19,22)23)7-11(12)15(21)20-14(8-18)10-3-1-2-4-13(10)17/h1-7,14H,(H,20,21)(H2,19,22,23). The van der Waals surface area contributed by atoms with Crippen LogP contribution in [-0.4, -0.2) is 14.3 Å². The predicted octanol–water partition coefficient (Wildman–Crippen LogP) is 2.23. The maximum atomic E-state index is 13.8. The highest BCUT2D eigenvalue weighted by atomic mass is 79.9. The molecule has 2 aromatic carbocycles. The minimum atomic E-state index is -3.99. The molecule has 2 aromatic rings. The fourth-order valence-corrected chi connectivity index (χ4v) is 2.92. The van der Waals surface area contributed by atoms with Crippen LogP contribution in [0.2, 0.25) is 0 Å². The van der Waals surface area contributed by atoms with E-state index in [1.807, 2.05) is 0 Å². The number of carbonyl (C=O) groups is 1. The van der Waals surface area contributed by atoms with Crippen LogP contribution in [0.15, 0.2) is 51.8 Å². The molecule has 9 heteroatoms. The fourth-order valence-electron chi connectivity index (χ4n) is 1.95. The smallest absolute Gasteiger partial charge is 0.253 e. The van der Waals surface area contributed by atoms with Crippen LogP contribution in [-0.2, 0) is 10.0 Å². The molecule has 0 aliphatic heterocycles. The number of hydrogen-bond acceptors (Lipinski definition) is 4. The number of carbonyl (C=O) groups excluding carboxylic acids is 1. The number of nitrogens with two attached hydrogens (primary N) is 1. The van der Waals surface area contributed by atoms with Gasteiger partial charge in [0.2, 0.25) is 10.0 Å². The number of nitrogens with one attached hydrogen (secondary N) is 1. The van der Waals surface area contributed by atoms with Crippen LogP contribution in [0, 0.1) is 17.1 Å². The first-order valence-electron chi connectivity index (χ1n) is 6.51. The van der Waals surface area contributed by atoms with Crippen LogP contribution in [0.3, 0.4) is 0 Å². The van der Waals surface area contributed by atoms with Crippen LogP contribution < -0.4 is 10.5 Å². The van der Waals surface area contributed by atoms with Gasteiger partial charge in [-0.1, -0.05) is 18.2 Å². The molecule has 0 heterocycles. The summed E-state index contributed by atoms with van der Waals surface area (Å²) in [7, 11) is -3.99. The van der Waals surface area contributed by atoms with E-state index in [-0.39, 0.29) is 16.0 Å². The quantitative estimate of drug-likeness (QED) is 0.802. The molecule has 0 aliphatic rings. The minimum Gasteiger partial charge on any atom is -0.332 e. The first-order valence-corrected chi connectivity index (χ1v) is 8.85. The lowest BCUT2D eigenvalue weighted by molar-refractivity contribution is 0.0943. The number of rotatable bonds is 4. The maximum Gasteiger partial charge on any atom is 0.253 e. The van der Waals surface area contributed by atoms with Gasteiger partial charge in [0.15, 0.2) is 0 Å². The van der Waals surface area contributed by atoms with Gasteiger partial charge in [0.1, 0.15) is 11.9 Å². The Morgan fingerprint density at radius 2 is 1.96 bits per heavy atom. The zero-order valence-electron chi connectivity index (χ0n) is 12.0. The van der Waals surface area contributed by atoms with E-state index in [0.29, 0.717) is 4.47 Å². The number of hydrogen-bond donors (Lipinski definition) is 2. The third-order valence-electron chi connectivity index (χ3n) is 3.13. The molecule has 0 fully saturated rings. The summed E-state index contributed by atoms with van der Waals surface area (Å²) in [5.41, 5.74) is -0.0369. The number of nitriles is 1. The zero-order valence-corrected chi connectivity index (χ0v) is 14.4. The Morgan fingerprint density at radius 3 is 2.54 bits per heavy atom. The number of nitrogens with zero attached hydrogens (tertiary/aromatic N) is 1. The van der Waals surface area contributed by atoms with Crippen molar-refractivity contribution in [2.45, 2.75) is 10.9 Å². The van der Waals surface area contributed by atoms with Crippen LogP contribution in [0.4, 0.5) is 4.39 Å². The highest BCUT2D eigenvalue weighted by molar-refractivity contribution is 9.10. The number of amides is 1. The third kappa shape index (κ3) is 3.97. The molecule has 0 aromatic heterocycles. The summed E-state index contributed by atoms with van der Waals surface area (Å²) in [4.78, 5) is 12.1. The highest BCUT2D eigenvalue weighted by Gasteiger charge is 2.21. The van der Waals surface area contributed by atoms with E-state index in [9.17, 15) is 22.9 Å². The molecule has 1 unspecified atom stereocenters. The van der Waals surface area contributed by atoms with Gasteiger partial charge in [0.25, 0.3) is 5.91 Å². The second kappa shape index (κ2) is 7.09. The van der Waals surface area contributed by atoms with Crippen molar-refractivity contribution in [1.29, 1.82) is 5.26 Å². The molecule has 3 N–H and O–H groups in total. The summed E-state index contributed by atoms with van der Waals surface area (Å²) in [6.45, 7) is 0. The molecule has 2 rings (SSSR count). The summed E-state index contributed by atoms with van der Waals surface area (Å²) in [6, 6.07) is 9.75. The molecule has 0 radical (unpaired) electrons. The summed E-state index contributed by atoms with van der Waals surface area (Å²) >= 11 is 3.13. The molecule has 0 spiro atoms. The second-order valence-corrected chi connectivity index (χ2v) is 7.16. The van der Waals surface area contributed by atoms with Crippen LogP contribution >= 0.6 is 15.9 Å². The zero-order chi connectivity index (χ0) is 17.9. The number of benzene rings is 2. The molecule has 0 saturated heterocycles. The molecule has 1 amide bonds. The molecule has 6 nitrogen and oxygen atoms in total. The van der Waals surface area contributed by atoms with Crippen LogP contribution in [0.1, 0.15) is 22.0 Å². The van der Waals surface area contributed by atoms with E-state index in [1.165, 1.54) is 36.4 Å². The van der Waals surface area contributed by atoms with Crippen LogP contribution in [0.25, 0.3) is 0 Å². The summed E-state index contributed by atoms with van der Waals surface area (Å²) in [6.07, 6.45) is 0. The van der Waals surface area contributed by atoms with Gasteiger partial charge in [-0.15, -0.1) is 0 Å². The van der Waals surface area contributed by atoms with Gasteiger partial charge in [-0.2, -0.15) is 5.26 Å². The number of sulfonamides is 1. The van der Waals surface area contributed by atoms with E-state index in [2.05, 4.69) is 21.2 Å². The molecule has 0 bridgehead atoms. The van der Waals surface area contributed by atoms with Crippen molar-refractivity contribution in [3.63, 3.8) is 0 Å². The summed E-state index contributed by atoms with van der Waals surface area (Å²) in [5.74, 6) is -1.39. The lowest BCUT2D eigenvalue weighted by atomic mass is 10.1. The third-order valence-corrected chi connectivity index (χ3v) is 4.73. The predicted molar refractivity (Wildman–Crippen MR) is 87.7 cm³/mol. The molecule has 124 valence electrons. The van der Waals surface area contributed by atoms with Gasteiger partial charge in [-0.3, -0.25) is 4.79 Å². The second-order valence-electron chi connectivity index (χ2n) is 4.74.